The summed E-state index contributed by atoms with van der Waals surface area (Å²) in [5, 5.41) is 17.4. The second-order valence-electron chi connectivity index (χ2n) is 4.97. The van der Waals surface area contributed by atoms with Crippen LogP contribution in [0.25, 0.3) is 0 Å². The van der Waals surface area contributed by atoms with Gasteiger partial charge in [-0.05, 0) is 38.4 Å². The molecule has 7 heteroatoms. The molecule has 0 radical (unpaired) electrons. The van der Waals surface area contributed by atoms with Gasteiger partial charge in [-0.1, -0.05) is 11.6 Å². The average molecular weight is 298 g/mol. The SMILES string of the molecule is CC1CC(NC(=O)c2cc(Cl)ccc2[N+](=O)[O-])CCN1. The zero-order valence-corrected chi connectivity index (χ0v) is 11.8. The third kappa shape index (κ3) is 3.46. The van der Waals surface area contributed by atoms with E-state index in [2.05, 4.69) is 10.6 Å². The van der Waals surface area contributed by atoms with Gasteiger partial charge in [0.05, 0.1) is 4.92 Å². The maximum Gasteiger partial charge on any atom is 0.282 e. The lowest BCUT2D eigenvalue weighted by Crippen LogP contribution is -2.46. The first-order valence-electron chi connectivity index (χ1n) is 6.45. The number of nitrogens with one attached hydrogen (secondary N) is 2. The number of benzene rings is 1. The number of halogens is 1. The van der Waals surface area contributed by atoms with E-state index in [-0.39, 0.29) is 17.3 Å². The third-order valence-electron chi connectivity index (χ3n) is 3.36. The number of carbonyl (C=O) groups is 1. The minimum Gasteiger partial charge on any atom is -0.349 e. The van der Waals surface area contributed by atoms with Gasteiger partial charge in [0.2, 0.25) is 0 Å². The second-order valence-corrected chi connectivity index (χ2v) is 5.40. The van der Waals surface area contributed by atoms with Gasteiger partial charge < -0.3 is 10.6 Å². The van der Waals surface area contributed by atoms with Crippen molar-refractivity contribution in [1.29, 1.82) is 0 Å². The summed E-state index contributed by atoms with van der Waals surface area (Å²) in [5.74, 6) is -0.446. The number of rotatable bonds is 3. The van der Waals surface area contributed by atoms with Crippen LogP contribution in [-0.2, 0) is 0 Å². The van der Waals surface area contributed by atoms with Gasteiger partial charge in [0, 0.05) is 23.2 Å². The van der Waals surface area contributed by atoms with E-state index in [9.17, 15) is 14.9 Å². The quantitative estimate of drug-likeness (QED) is 0.661. The second kappa shape index (κ2) is 6.19. The van der Waals surface area contributed by atoms with Gasteiger partial charge in [-0.15, -0.1) is 0 Å². The third-order valence-corrected chi connectivity index (χ3v) is 3.59. The topological polar surface area (TPSA) is 84.3 Å². The molecule has 20 heavy (non-hydrogen) atoms. The molecule has 2 N–H and O–H groups in total. The molecule has 1 aliphatic rings. The Morgan fingerprint density at radius 3 is 2.95 bits per heavy atom. The number of nitro groups is 1. The van der Waals surface area contributed by atoms with Gasteiger partial charge in [-0.2, -0.15) is 0 Å². The highest BCUT2D eigenvalue weighted by molar-refractivity contribution is 6.31. The molecule has 6 nitrogen and oxygen atoms in total. The van der Waals surface area contributed by atoms with Crippen LogP contribution in [0, 0.1) is 10.1 Å². The van der Waals surface area contributed by atoms with E-state index in [1.807, 2.05) is 6.92 Å². The summed E-state index contributed by atoms with van der Waals surface area (Å²) in [5.41, 5.74) is -0.220. The Kier molecular flexibility index (Phi) is 4.57. The monoisotopic (exact) mass is 297 g/mol. The number of nitrogens with zero attached hydrogens (tertiary/aromatic N) is 1. The molecule has 0 aromatic heterocycles. The maximum absolute atomic E-state index is 12.2. The van der Waals surface area contributed by atoms with Crippen molar-refractivity contribution >= 4 is 23.2 Å². The average Bonchev–Trinajstić information content (AvgIpc) is 2.38. The van der Waals surface area contributed by atoms with Crippen molar-refractivity contribution in [1.82, 2.24) is 10.6 Å². The van der Waals surface area contributed by atoms with Crippen molar-refractivity contribution in [2.75, 3.05) is 6.54 Å². The van der Waals surface area contributed by atoms with Crippen LogP contribution in [-0.4, -0.2) is 29.5 Å². The minimum atomic E-state index is -0.573. The molecule has 1 aromatic carbocycles. The summed E-state index contributed by atoms with van der Waals surface area (Å²) in [6, 6.07) is 4.34. The fourth-order valence-electron chi connectivity index (χ4n) is 2.38. The fourth-order valence-corrected chi connectivity index (χ4v) is 2.55. The first kappa shape index (κ1) is 14.7. The lowest BCUT2D eigenvalue weighted by molar-refractivity contribution is -0.385. The molecular formula is C13H16ClN3O3. The predicted octanol–water partition coefficient (Wildman–Crippen LogP) is 2.12. The van der Waals surface area contributed by atoms with Gasteiger partial charge in [-0.3, -0.25) is 14.9 Å². The van der Waals surface area contributed by atoms with Crippen LogP contribution in [0.15, 0.2) is 18.2 Å². The maximum atomic E-state index is 12.2. The predicted molar refractivity (Wildman–Crippen MR) is 76.1 cm³/mol. The van der Waals surface area contributed by atoms with Gasteiger partial charge >= 0.3 is 0 Å². The molecule has 0 spiro atoms. The van der Waals surface area contributed by atoms with Crippen LogP contribution in [0.1, 0.15) is 30.1 Å². The minimum absolute atomic E-state index is 0.00804. The van der Waals surface area contributed by atoms with Crippen molar-refractivity contribution in [2.24, 2.45) is 0 Å². The first-order valence-corrected chi connectivity index (χ1v) is 6.83. The Bertz CT molecular complexity index is 536. The van der Waals surface area contributed by atoms with Crippen LogP contribution in [0.4, 0.5) is 5.69 Å². The fraction of sp³-hybridized carbons (Fsp3) is 0.462. The molecule has 2 rings (SSSR count). The smallest absolute Gasteiger partial charge is 0.282 e. The largest absolute Gasteiger partial charge is 0.349 e. The number of piperidine rings is 1. The molecule has 1 amide bonds. The summed E-state index contributed by atoms with van der Waals surface area (Å²) in [7, 11) is 0. The standard InChI is InChI=1S/C13H16ClN3O3/c1-8-6-10(4-5-15-8)16-13(18)11-7-9(14)2-3-12(11)17(19)20/h2-3,7-8,10,15H,4-6H2,1H3,(H,16,18). The Morgan fingerprint density at radius 1 is 1.55 bits per heavy atom. The number of amides is 1. The molecule has 2 unspecified atom stereocenters. The molecule has 108 valence electrons. The van der Waals surface area contributed by atoms with E-state index in [0.717, 1.165) is 19.4 Å². The van der Waals surface area contributed by atoms with Gasteiger partial charge in [0.15, 0.2) is 0 Å². The Morgan fingerprint density at radius 2 is 2.30 bits per heavy atom. The lowest BCUT2D eigenvalue weighted by Gasteiger charge is -2.28. The number of hydrogen-bond acceptors (Lipinski definition) is 4. The zero-order chi connectivity index (χ0) is 14.7. The van der Waals surface area contributed by atoms with Gasteiger partial charge in [0.1, 0.15) is 5.56 Å². The van der Waals surface area contributed by atoms with Gasteiger partial charge in [0.25, 0.3) is 11.6 Å². The van der Waals surface area contributed by atoms with Crippen molar-refractivity contribution < 1.29 is 9.72 Å². The summed E-state index contributed by atoms with van der Waals surface area (Å²) < 4.78 is 0. The molecule has 1 aromatic rings. The number of hydrogen-bond donors (Lipinski definition) is 2. The highest BCUT2D eigenvalue weighted by Crippen LogP contribution is 2.23. The van der Waals surface area contributed by atoms with E-state index in [1.165, 1.54) is 18.2 Å². The molecule has 1 heterocycles. The summed E-state index contributed by atoms with van der Waals surface area (Å²) in [6.07, 6.45) is 1.62. The van der Waals surface area contributed by atoms with E-state index in [0.29, 0.717) is 11.1 Å². The van der Waals surface area contributed by atoms with Crippen LogP contribution in [0.3, 0.4) is 0 Å². The summed E-state index contributed by atoms with van der Waals surface area (Å²) >= 11 is 5.82. The van der Waals surface area contributed by atoms with Gasteiger partial charge in [-0.25, -0.2) is 0 Å². The molecule has 0 aliphatic carbocycles. The Balaban J connectivity index is 2.16. The highest BCUT2D eigenvalue weighted by atomic mass is 35.5. The van der Waals surface area contributed by atoms with Crippen molar-refractivity contribution in [3.63, 3.8) is 0 Å². The number of carbonyl (C=O) groups excluding carboxylic acids is 1. The highest BCUT2D eigenvalue weighted by Gasteiger charge is 2.25. The molecule has 0 bridgehead atoms. The summed E-state index contributed by atoms with van der Waals surface area (Å²) in [4.78, 5) is 22.6. The van der Waals surface area contributed by atoms with Crippen LogP contribution < -0.4 is 10.6 Å². The van der Waals surface area contributed by atoms with E-state index in [1.54, 1.807) is 0 Å². The normalized spacial score (nSPS) is 22.3. The Labute approximate surface area is 121 Å². The lowest BCUT2D eigenvalue weighted by atomic mass is 10.00. The molecular weight excluding hydrogens is 282 g/mol. The van der Waals surface area contributed by atoms with Crippen molar-refractivity contribution in [2.45, 2.75) is 31.8 Å². The molecule has 1 fully saturated rings. The zero-order valence-electron chi connectivity index (χ0n) is 11.1. The summed E-state index contributed by atoms with van der Waals surface area (Å²) in [6.45, 7) is 2.86. The van der Waals surface area contributed by atoms with E-state index >= 15 is 0 Å². The van der Waals surface area contributed by atoms with Crippen molar-refractivity contribution in [3.8, 4) is 0 Å². The van der Waals surface area contributed by atoms with E-state index in [4.69, 9.17) is 11.6 Å². The molecule has 2 atom stereocenters. The number of nitro benzene ring substituents is 1. The molecule has 1 saturated heterocycles. The first-order chi connectivity index (χ1) is 9.47. The molecule has 1 aliphatic heterocycles. The van der Waals surface area contributed by atoms with Crippen LogP contribution in [0.5, 0.6) is 0 Å². The van der Waals surface area contributed by atoms with Crippen LogP contribution in [0.2, 0.25) is 5.02 Å². The molecule has 0 saturated carbocycles. The van der Waals surface area contributed by atoms with Crippen LogP contribution >= 0.6 is 11.6 Å². The Hall–Kier alpha value is -1.66. The van der Waals surface area contributed by atoms with Crippen molar-refractivity contribution in [3.05, 3.63) is 38.9 Å². The van der Waals surface area contributed by atoms with E-state index < -0.39 is 10.8 Å².